The number of halogens is 1. The number of hydrogen-bond donors (Lipinski definition) is 2. The van der Waals surface area contributed by atoms with Gasteiger partial charge in [0.2, 0.25) is 5.82 Å². The van der Waals surface area contributed by atoms with Crippen LogP contribution in [-0.2, 0) is 0 Å². The Labute approximate surface area is 84.1 Å². The molecule has 6 heteroatoms. The second-order valence-corrected chi connectivity index (χ2v) is 3.13. The molecule has 1 rings (SSSR count). The van der Waals surface area contributed by atoms with Crippen LogP contribution in [0.2, 0.25) is 0 Å². The van der Waals surface area contributed by atoms with Crippen LogP contribution in [-0.4, -0.2) is 22.4 Å². The largest absolute Gasteiger partial charge is 0.303 e. The van der Waals surface area contributed by atoms with Crippen molar-refractivity contribution in [3.05, 3.63) is 22.7 Å². The number of carbonyl (C=O) groups is 1. The van der Waals surface area contributed by atoms with Gasteiger partial charge in [0.05, 0.1) is 4.47 Å². The molecule has 70 valence electrons. The maximum Gasteiger partial charge on any atom is 0.303 e. The van der Waals surface area contributed by atoms with Crippen LogP contribution >= 0.6 is 15.9 Å². The van der Waals surface area contributed by atoms with Gasteiger partial charge in [-0.15, -0.1) is 0 Å². The molecule has 0 aliphatic heterocycles. The van der Waals surface area contributed by atoms with Crippen LogP contribution in [0, 0.1) is 0 Å². The molecule has 0 bridgehead atoms. The van der Waals surface area contributed by atoms with Gasteiger partial charge < -0.3 is 0 Å². The zero-order valence-electron chi connectivity index (χ0n) is 7.04. The molecule has 0 unspecified atom stereocenters. The molecule has 13 heavy (non-hydrogen) atoms. The predicted molar refractivity (Wildman–Crippen MR) is 50.9 cm³/mol. The number of carbonyl (C=O) groups excluding carboxylic acids is 1. The molecule has 1 aromatic rings. The number of hydrogen-bond acceptors (Lipinski definition) is 4. The maximum atomic E-state index is 11.2. The molecule has 1 heterocycles. The van der Waals surface area contributed by atoms with Gasteiger partial charge in [0.15, 0.2) is 0 Å². The molecular formula is C7H9BrN4O. The summed E-state index contributed by atoms with van der Waals surface area (Å²) >= 11 is 3.17. The van der Waals surface area contributed by atoms with Gasteiger partial charge in [-0.2, -0.15) is 0 Å². The molecule has 5 nitrogen and oxygen atoms in total. The normalized spacial score (nSPS) is 9.69. The zero-order chi connectivity index (χ0) is 9.68. The highest BCUT2D eigenvalue weighted by atomic mass is 79.9. The van der Waals surface area contributed by atoms with Gasteiger partial charge >= 0.3 is 5.91 Å². The summed E-state index contributed by atoms with van der Waals surface area (Å²) in [7, 11) is 0. The molecule has 0 radical (unpaired) electrons. The van der Waals surface area contributed by atoms with E-state index in [0.717, 1.165) is 4.47 Å². The smallest absolute Gasteiger partial charge is 0.285 e. The second kappa shape index (κ2) is 4.88. The van der Waals surface area contributed by atoms with Crippen molar-refractivity contribution in [2.24, 2.45) is 0 Å². The first kappa shape index (κ1) is 10.1. The summed E-state index contributed by atoms with van der Waals surface area (Å²) in [4.78, 5) is 18.8. The van der Waals surface area contributed by atoms with E-state index < -0.39 is 0 Å². The van der Waals surface area contributed by atoms with E-state index in [1.165, 1.54) is 12.4 Å². The third kappa shape index (κ3) is 3.08. The molecule has 0 spiro atoms. The average molecular weight is 245 g/mol. The van der Waals surface area contributed by atoms with Crippen molar-refractivity contribution in [1.82, 2.24) is 20.8 Å². The van der Waals surface area contributed by atoms with Crippen LogP contribution in [0.25, 0.3) is 0 Å². The van der Waals surface area contributed by atoms with E-state index in [0.29, 0.717) is 6.54 Å². The number of nitrogens with zero attached hydrogens (tertiary/aromatic N) is 2. The Balaban J connectivity index is 2.61. The first-order valence-corrected chi connectivity index (χ1v) is 4.54. The number of nitrogens with one attached hydrogen (secondary N) is 2. The van der Waals surface area contributed by atoms with E-state index in [2.05, 4.69) is 36.7 Å². The van der Waals surface area contributed by atoms with Crippen molar-refractivity contribution in [3.8, 4) is 0 Å². The Bertz CT molecular complexity index is 287. The standard InChI is InChI=1S/C7H9BrN4O/c1-2-11-12-7(13)6-9-3-5(8)4-10-6/h3-4,11H,2H2,1H3,(H,12,13). The minimum absolute atomic E-state index is 0.143. The summed E-state index contributed by atoms with van der Waals surface area (Å²) < 4.78 is 0.743. The molecule has 1 amide bonds. The molecule has 0 saturated heterocycles. The van der Waals surface area contributed by atoms with Gasteiger partial charge in [-0.1, -0.05) is 6.92 Å². The molecule has 0 saturated carbocycles. The lowest BCUT2D eigenvalue weighted by Crippen LogP contribution is -2.37. The lowest BCUT2D eigenvalue weighted by Gasteiger charge is -2.02. The molecule has 0 atom stereocenters. The molecule has 0 fully saturated rings. The van der Waals surface area contributed by atoms with E-state index in [1.807, 2.05) is 6.92 Å². The van der Waals surface area contributed by atoms with E-state index in [-0.39, 0.29) is 11.7 Å². The van der Waals surface area contributed by atoms with Gasteiger partial charge in [-0.25, -0.2) is 15.4 Å². The predicted octanol–water partition coefficient (Wildman–Crippen LogP) is 0.493. The molecule has 1 aromatic heterocycles. The molecular weight excluding hydrogens is 236 g/mol. The fourth-order valence-corrected chi connectivity index (χ4v) is 0.859. The number of aromatic nitrogens is 2. The van der Waals surface area contributed by atoms with Crippen molar-refractivity contribution in [2.45, 2.75) is 6.92 Å². The zero-order valence-corrected chi connectivity index (χ0v) is 8.63. The van der Waals surface area contributed by atoms with Crippen molar-refractivity contribution in [1.29, 1.82) is 0 Å². The van der Waals surface area contributed by atoms with Gasteiger partial charge in [0.1, 0.15) is 0 Å². The quantitative estimate of drug-likeness (QED) is 0.760. The molecule has 0 aliphatic rings. The monoisotopic (exact) mass is 244 g/mol. The van der Waals surface area contributed by atoms with Crippen LogP contribution in [0.5, 0.6) is 0 Å². The van der Waals surface area contributed by atoms with E-state index in [9.17, 15) is 4.79 Å². The fraction of sp³-hybridized carbons (Fsp3) is 0.286. The topological polar surface area (TPSA) is 66.9 Å². The van der Waals surface area contributed by atoms with E-state index in [4.69, 9.17) is 0 Å². The van der Waals surface area contributed by atoms with Crippen molar-refractivity contribution >= 4 is 21.8 Å². The Hall–Kier alpha value is -1.01. The Morgan fingerprint density at radius 2 is 2.15 bits per heavy atom. The van der Waals surface area contributed by atoms with Crippen LogP contribution in [0.4, 0.5) is 0 Å². The van der Waals surface area contributed by atoms with Crippen molar-refractivity contribution in [3.63, 3.8) is 0 Å². The number of rotatable bonds is 3. The number of amides is 1. The summed E-state index contributed by atoms with van der Waals surface area (Å²) in [5, 5.41) is 0. The molecule has 0 aromatic carbocycles. The lowest BCUT2D eigenvalue weighted by atomic mass is 10.5. The minimum atomic E-state index is -0.339. The van der Waals surface area contributed by atoms with E-state index >= 15 is 0 Å². The first-order valence-electron chi connectivity index (χ1n) is 3.74. The van der Waals surface area contributed by atoms with E-state index in [1.54, 1.807) is 0 Å². The van der Waals surface area contributed by atoms with Gasteiger partial charge in [0, 0.05) is 18.9 Å². The SMILES string of the molecule is CCNNC(=O)c1ncc(Br)cn1. The Morgan fingerprint density at radius 1 is 1.54 bits per heavy atom. The highest BCUT2D eigenvalue weighted by molar-refractivity contribution is 9.10. The third-order valence-electron chi connectivity index (χ3n) is 1.20. The highest BCUT2D eigenvalue weighted by Crippen LogP contribution is 2.03. The van der Waals surface area contributed by atoms with Crippen LogP contribution in [0.3, 0.4) is 0 Å². The molecule has 2 N–H and O–H groups in total. The fourth-order valence-electron chi connectivity index (χ4n) is 0.654. The average Bonchev–Trinajstić information content (AvgIpc) is 2.15. The first-order chi connectivity index (χ1) is 6.24. The molecule has 0 aliphatic carbocycles. The van der Waals surface area contributed by atoms with Crippen LogP contribution < -0.4 is 10.9 Å². The summed E-state index contributed by atoms with van der Waals surface area (Å²) in [6.07, 6.45) is 3.04. The summed E-state index contributed by atoms with van der Waals surface area (Å²) in [5.41, 5.74) is 5.11. The van der Waals surface area contributed by atoms with Gasteiger partial charge in [-0.3, -0.25) is 10.2 Å². The summed E-state index contributed by atoms with van der Waals surface area (Å²) in [5.74, 6) is -0.196. The summed E-state index contributed by atoms with van der Waals surface area (Å²) in [6, 6.07) is 0. The Morgan fingerprint density at radius 3 is 2.69 bits per heavy atom. The lowest BCUT2D eigenvalue weighted by molar-refractivity contribution is 0.0923. The van der Waals surface area contributed by atoms with Crippen molar-refractivity contribution in [2.75, 3.05) is 6.54 Å². The highest BCUT2D eigenvalue weighted by Gasteiger charge is 2.06. The Kier molecular flexibility index (Phi) is 3.78. The van der Waals surface area contributed by atoms with Crippen LogP contribution in [0.15, 0.2) is 16.9 Å². The van der Waals surface area contributed by atoms with Crippen molar-refractivity contribution < 1.29 is 4.79 Å². The van der Waals surface area contributed by atoms with Crippen LogP contribution in [0.1, 0.15) is 17.5 Å². The number of hydrazine groups is 1. The minimum Gasteiger partial charge on any atom is -0.285 e. The third-order valence-corrected chi connectivity index (χ3v) is 1.61. The summed E-state index contributed by atoms with van der Waals surface area (Å²) in [6.45, 7) is 2.53. The maximum absolute atomic E-state index is 11.2. The van der Waals surface area contributed by atoms with Gasteiger partial charge in [0.25, 0.3) is 0 Å². The van der Waals surface area contributed by atoms with Gasteiger partial charge in [-0.05, 0) is 15.9 Å². The second-order valence-electron chi connectivity index (χ2n) is 2.21.